The summed E-state index contributed by atoms with van der Waals surface area (Å²) >= 11 is 0. The lowest BCUT2D eigenvalue weighted by Gasteiger charge is -2.36. The molecule has 0 bridgehead atoms. The maximum Gasteiger partial charge on any atom is 0.317 e. The molecule has 3 rings (SSSR count). The van der Waals surface area contributed by atoms with Crippen LogP contribution in [0.4, 0.5) is 4.79 Å². The van der Waals surface area contributed by atoms with Gasteiger partial charge in [0.1, 0.15) is 0 Å². The second-order valence-electron chi connectivity index (χ2n) is 5.68. The summed E-state index contributed by atoms with van der Waals surface area (Å²) in [6.07, 6.45) is 0.869. The number of nitrogens with zero attached hydrogens (tertiary/aromatic N) is 3. The number of fused-ring (bicyclic) bond motifs is 1. The maximum atomic E-state index is 12.4. The molecular weight excluding hydrogens is 274 g/mol. The highest BCUT2D eigenvalue weighted by Crippen LogP contribution is 2.14. The van der Waals surface area contributed by atoms with E-state index >= 15 is 0 Å². The number of hydrogen-bond acceptors (Lipinski definition) is 4. The smallest absolute Gasteiger partial charge is 0.317 e. The monoisotopic (exact) mass is 295 g/mol. The Hall–Kier alpha value is -1.83. The average molecular weight is 295 g/mol. The van der Waals surface area contributed by atoms with Gasteiger partial charge in [0.05, 0.1) is 6.04 Å². The zero-order valence-corrected chi connectivity index (χ0v) is 12.0. The molecule has 0 aromatic heterocycles. The van der Waals surface area contributed by atoms with Crippen molar-refractivity contribution in [2.75, 3.05) is 52.4 Å². The van der Waals surface area contributed by atoms with Gasteiger partial charge in [-0.25, -0.2) is 4.79 Å². The van der Waals surface area contributed by atoms with Crippen molar-refractivity contribution in [3.05, 3.63) is 0 Å². The second-order valence-corrected chi connectivity index (χ2v) is 5.68. The standard InChI is InChI=1S/C13H21N5O3/c19-11(16-4-1-2-14-3-5-16)12(20)17-6-7-18-10(9-17)8-15-13(18)21/h10,14H,1-9H2,(H,15,21). The molecular formula is C13H21N5O3. The summed E-state index contributed by atoms with van der Waals surface area (Å²) in [5, 5.41) is 5.98. The molecule has 116 valence electrons. The Balaban J connectivity index is 1.60. The molecule has 0 spiro atoms. The molecule has 8 heteroatoms. The molecule has 3 saturated heterocycles. The molecule has 0 aromatic rings. The summed E-state index contributed by atoms with van der Waals surface area (Å²) in [5.41, 5.74) is 0. The Bertz CT molecular complexity index is 447. The van der Waals surface area contributed by atoms with E-state index < -0.39 is 11.8 Å². The van der Waals surface area contributed by atoms with Crippen LogP contribution < -0.4 is 10.6 Å². The van der Waals surface area contributed by atoms with Gasteiger partial charge in [-0.15, -0.1) is 0 Å². The van der Waals surface area contributed by atoms with Gasteiger partial charge in [-0.2, -0.15) is 0 Å². The van der Waals surface area contributed by atoms with E-state index in [1.54, 1.807) is 14.7 Å². The molecule has 8 nitrogen and oxygen atoms in total. The van der Waals surface area contributed by atoms with E-state index in [0.717, 1.165) is 19.5 Å². The summed E-state index contributed by atoms with van der Waals surface area (Å²) in [7, 11) is 0. The zero-order chi connectivity index (χ0) is 14.8. The van der Waals surface area contributed by atoms with Crippen molar-refractivity contribution in [3.63, 3.8) is 0 Å². The minimum atomic E-state index is -0.434. The van der Waals surface area contributed by atoms with Crippen molar-refractivity contribution in [1.82, 2.24) is 25.3 Å². The van der Waals surface area contributed by atoms with E-state index in [9.17, 15) is 14.4 Å². The molecule has 0 radical (unpaired) electrons. The largest absolute Gasteiger partial charge is 0.336 e. The van der Waals surface area contributed by atoms with Crippen molar-refractivity contribution in [2.24, 2.45) is 0 Å². The van der Waals surface area contributed by atoms with E-state index in [-0.39, 0.29) is 12.1 Å². The highest BCUT2D eigenvalue weighted by Gasteiger charge is 2.39. The van der Waals surface area contributed by atoms with Gasteiger partial charge in [-0.1, -0.05) is 0 Å². The Labute approximate surface area is 123 Å². The van der Waals surface area contributed by atoms with Gasteiger partial charge in [-0.05, 0) is 13.0 Å². The van der Waals surface area contributed by atoms with Crippen molar-refractivity contribution in [3.8, 4) is 0 Å². The van der Waals surface area contributed by atoms with Crippen molar-refractivity contribution in [1.29, 1.82) is 0 Å². The Morgan fingerprint density at radius 1 is 1.00 bits per heavy atom. The number of rotatable bonds is 0. The third kappa shape index (κ3) is 2.80. The third-order valence-corrected chi connectivity index (χ3v) is 4.33. The van der Waals surface area contributed by atoms with E-state index in [1.165, 1.54) is 0 Å². The predicted molar refractivity (Wildman–Crippen MR) is 74.5 cm³/mol. The van der Waals surface area contributed by atoms with Gasteiger partial charge in [-0.3, -0.25) is 9.59 Å². The fourth-order valence-electron chi connectivity index (χ4n) is 3.11. The summed E-state index contributed by atoms with van der Waals surface area (Å²) in [6.45, 7) is 4.73. The Morgan fingerprint density at radius 2 is 1.81 bits per heavy atom. The first kappa shape index (κ1) is 14.1. The van der Waals surface area contributed by atoms with Gasteiger partial charge in [0, 0.05) is 45.8 Å². The molecule has 4 amide bonds. The molecule has 0 saturated carbocycles. The summed E-state index contributed by atoms with van der Waals surface area (Å²) in [4.78, 5) is 41.2. The van der Waals surface area contributed by atoms with E-state index in [1.807, 2.05) is 0 Å². The molecule has 3 fully saturated rings. The van der Waals surface area contributed by atoms with Crippen LogP contribution in [0.15, 0.2) is 0 Å². The number of nitrogens with one attached hydrogen (secondary N) is 2. The van der Waals surface area contributed by atoms with E-state index in [0.29, 0.717) is 39.3 Å². The number of piperazine rings is 1. The summed E-state index contributed by atoms with van der Waals surface area (Å²) in [6, 6.07) is -0.0779. The van der Waals surface area contributed by atoms with Crippen LogP contribution in [0, 0.1) is 0 Å². The lowest BCUT2D eigenvalue weighted by Crippen LogP contribution is -2.57. The minimum absolute atomic E-state index is 0.00574. The predicted octanol–water partition coefficient (Wildman–Crippen LogP) is -1.96. The fraction of sp³-hybridized carbons (Fsp3) is 0.769. The van der Waals surface area contributed by atoms with E-state index in [2.05, 4.69) is 10.6 Å². The first-order chi connectivity index (χ1) is 10.2. The quantitative estimate of drug-likeness (QED) is 0.509. The molecule has 0 aromatic carbocycles. The van der Waals surface area contributed by atoms with Gasteiger partial charge in [0.2, 0.25) is 0 Å². The molecule has 21 heavy (non-hydrogen) atoms. The number of urea groups is 1. The van der Waals surface area contributed by atoms with Crippen LogP contribution in [0.3, 0.4) is 0 Å². The van der Waals surface area contributed by atoms with Crippen molar-refractivity contribution >= 4 is 17.8 Å². The molecule has 1 atom stereocenters. The second kappa shape index (κ2) is 5.88. The van der Waals surface area contributed by atoms with Gasteiger partial charge >= 0.3 is 17.8 Å². The van der Waals surface area contributed by atoms with Crippen molar-refractivity contribution < 1.29 is 14.4 Å². The third-order valence-electron chi connectivity index (χ3n) is 4.33. The first-order valence-electron chi connectivity index (χ1n) is 7.50. The molecule has 3 aliphatic rings. The summed E-state index contributed by atoms with van der Waals surface area (Å²) < 4.78 is 0. The maximum absolute atomic E-state index is 12.4. The summed E-state index contributed by atoms with van der Waals surface area (Å²) in [5.74, 6) is -0.847. The molecule has 3 aliphatic heterocycles. The Morgan fingerprint density at radius 3 is 2.67 bits per heavy atom. The van der Waals surface area contributed by atoms with Gasteiger partial charge in [0.25, 0.3) is 0 Å². The number of amides is 4. The molecule has 1 unspecified atom stereocenters. The number of hydrogen-bond donors (Lipinski definition) is 2. The van der Waals surface area contributed by atoms with Gasteiger partial charge in [0.15, 0.2) is 0 Å². The lowest BCUT2D eigenvalue weighted by molar-refractivity contribution is -0.152. The van der Waals surface area contributed by atoms with Crippen LogP contribution in [0.25, 0.3) is 0 Å². The van der Waals surface area contributed by atoms with Crippen LogP contribution in [-0.2, 0) is 9.59 Å². The minimum Gasteiger partial charge on any atom is -0.336 e. The first-order valence-corrected chi connectivity index (χ1v) is 7.50. The molecule has 2 N–H and O–H groups in total. The molecule has 0 aliphatic carbocycles. The number of carbonyl (C=O) groups is 3. The molecule has 3 heterocycles. The zero-order valence-electron chi connectivity index (χ0n) is 12.0. The van der Waals surface area contributed by atoms with Crippen LogP contribution in [0.1, 0.15) is 6.42 Å². The average Bonchev–Trinajstić information content (AvgIpc) is 2.72. The van der Waals surface area contributed by atoms with E-state index in [4.69, 9.17) is 0 Å². The number of carbonyl (C=O) groups excluding carboxylic acids is 3. The normalized spacial score (nSPS) is 26.2. The SMILES string of the molecule is O=C(C(=O)N1CCN2C(=O)NCC2C1)N1CCCNCC1. The van der Waals surface area contributed by atoms with Crippen LogP contribution in [0.5, 0.6) is 0 Å². The lowest BCUT2D eigenvalue weighted by atomic mass is 10.2. The van der Waals surface area contributed by atoms with Crippen LogP contribution >= 0.6 is 0 Å². The Kier molecular flexibility index (Phi) is 3.96. The highest BCUT2D eigenvalue weighted by molar-refractivity contribution is 6.34. The van der Waals surface area contributed by atoms with Crippen LogP contribution in [-0.4, -0.2) is 90.9 Å². The fourth-order valence-corrected chi connectivity index (χ4v) is 3.11. The van der Waals surface area contributed by atoms with Crippen LogP contribution in [0.2, 0.25) is 0 Å². The topological polar surface area (TPSA) is 85.0 Å². The highest BCUT2D eigenvalue weighted by atomic mass is 16.2. The van der Waals surface area contributed by atoms with Gasteiger partial charge < -0.3 is 25.3 Å². The van der Waals surface area contributed by atoms with Crippen molar-refractivity contribution in [2.45, 2.75) is 12.5 Å².